The molecule has 0 heterocycles. The van der Waals surface area contributed by atoms with Crippen molar-refractivity contribution in [3.63, 3.8) is 0 Å². The summed E-state index contributed by atoms with van der Waals surface area (Å²) in [5.74, 6) is -1.94. The fraction of sp³-hybridized carbons (Fsp3) is 0.300. The van der Waals surface area contributed by atoms with E-state index in [1.54, 1.807) is 24.3 Å². The third-order valence-electron chi connectivity index (χ3n) is 3.10. The summed E-state index contributed by atoms with van der Waals surface area (Å²) < 4.78 is 0. The fourth-order valence-corrected chi connectivity index (χ4v) is 1.61. The predicted molar refractivity (Wildman–Crippen MR) is 120 cm³/mol. The number of carboxylic acid groups (broad SMARTS) is 2. The van der Waals surface area contributed by atoms with E-state index in [0.717, 1.165) is 11.1 Å². The van der Waals surface area contributed by atoms with Gasteiger partial charge in [-0.15, -0.1) is 0 Å². The molecule has 2 aromatic carbocycles. The number of carboxylic acids is 2. The molecule has 2 aromatic rings. The summed E-state index contributed by atoms with van der Waals surface area (Å²) in [7, 11) is 0. The number of rotatable bonds is 6. The normalized spacial score (nSPS) is 8.71. The third-order valence-corrected chi connectivity index (χ3v) is 3.10. The maximum atomic E-state index is 10.7. The van der Waals surface area contributed by atoms with Crippen molar-refractivity contribution in [1.29, 1.82) is 0 Å². The topological polar surface area (TPSA) is 231 Å². The fourth-order valence-electron chi connectivity index (χ4n) is 1.61. The molecule has 179 valence electrons. The van der Waals surface area contributed by atoms with Crippen LogP contribution in [0.25, 0.3) is 11.1 Å². The van der Waals surface area contributed by atoms with Crippen LogP contribution in [0.4, 0.5) is 0 Å². The van der Waals surface area contributed by atoms with E-state index < -0.39 is 11.9 Å². The summed E-state index contributed by atoms with van der Waals surface area (Å²) in [5.41, 5.74) is 31.6. The van der Waals surface area contributed by atoms with Gasteiger partial charge in [0.25, 0.3) is 0 Å². The van der Waals surface area contributed by atoms with E-state index in [0.29, 0.717) is 39.3 Å². The second-order valence-electron chi connectivity index (χ2n) is 5.50. The molecule has 0 unspecified atom stereocenters. The van der Waals surface area contributed by atoms with Crippen molar-refractivity contribution in [1.82, 2.24) is 0 Å². The van der Waals surface area contributed by atoms with Crippen LogP contribution in [0.3, 0.4) is 0 Å². The summed E-state index contributed by atoms with van der Waals surface area (Å²) in [6.07, 6.45) is 0. The monoisotopic (exact) mass is 485 g/mol. The Bertz CT molecular complexity index is 629. The summed E-state index contributed by atoms with van der Waals surface area (Å²) in [5, 5.41) is 17.6. The van der Waals surface area contributed by atoms with E-state index in [9.17, 15) is 9.59 Å². The van der Waals surface area contributed by atoms with Crippen molar-refractivity contribution < 1.29 is 36.9 Å². The standard InChI is InChI=1S/C14H10O4.3C2H8N2.Cu/c15-13(16)11-5-1-9(2-6-11)10-3-7-12(8-4-10)14(17)18;3*3-1-2-4;/h1-8H,(H,15,16)(H,17,18);3*1-4H2;. The van der Waals surface area contributed by atoms with Gasteiger partial charge in [-0.2, -0.15) is 0 Å². The van der Waals surface area contributed by atoms with Gasteiger partial charge in [0.2, 0.25) is 0 Å². The summed E-state index contributed by atoms with van der Waals surface area (Å²) in [4.78, 5) is 21.4. The van der Waals surface area contributed by atoms with Gasteiger partial charge in [0.15, 0.2) is 0 Å². The number of aromatic carboxylic acids is 2. The Balaban J connectivity index is -0.000000503. The van der Waals surface area contributed by atoms with Gasteiger partial charge in [0.05, 0.1) is 11.1 Å². The van der Waals surface area contributed by atoms with Gasteiger partial charge >= 0.3 is 11.9 Å². The molecule has 0 aliphatic carbocycles. The molecule has 0 bridgehead atoms. The molecular weight excluding hydrogens is 452 g/mol. The molecule has 10 nitrogen and oxygen atoms in total. The van der Waals surface area contributed by atoms with Gasteiger partial charge < -0.3 is 44.6 Å². The van der Waals surface area contributed by atoms with Crippen LogP contribution >= 0.6 is 0 Å². The molecule has 0 saturated heterocycles. The molecule has 2 rings (SSSR count). The molecule has 0 aromatic heterocycles. The SMILES string of the molecule is NCCN.NCCN.NCCN.O=C(O)c1ccc(-c2ccc(C(=O)O)cc2)cc1.[Cu]. The van der Waals surface area contributed by atoms with Crippen LogP contribution in [-0.2, 0) is 17.1 Å². The second-order valence-corrected chi connectivity index (χ2v) is 5.50. The second kappa shape index (κ2) is 22.3. The molecule has 31 heavy (non-hydrogen) atoms. The molecule has 0 spiro atoms. The van der Waals surface area contributed by atoms with Crippen LogP contribution < -0.4 is 34.4 Å². The molecule has 0 aliphatic heterocycles. The third kappa shape index (κ3) is 17.1. The minimum Gasteiger partial charge on any atom is -0.478 e. The van der Waals surface area contributed by atoms with Crippen LogP contribution in [-0.4, -0.2) is 61.4 Å². The van der Waals surface area contributed by atoms with E-state index in [1.165, 1.54) is 24.3 Å². The van der Waals surface area contributed by atoms with E-state index in [-0.39, 0.29) is 28.2 Å². The van der Waals surface area contributed by atoms with Gasteiger partial charge in [-0.05, 0) is 35.4 Å². The van der Waals surface area contributed by atoms with E-state index in [4.69, 9.17) is 44.6 Å². The maximum absolute atomic E-state index is 10.7. The van der Waals surface area contributed by atoms with Gasteiger partial charge in [0, 0.05) is 56.3 Å². The Morgan fingerprint density at radius 3 is 0.839 bits per heavy atom. The summed E-state index contributed by atoms with van der Waals surface area (Å²) >= 11 is 0. The smallest absolute Gasteiger partial charge is 0.335 e. The van der Waals surface area contributed by atoms with Crippen molar-refractivity contribution in [3.05, 3.63) is 59.7 Å². The van der Waals surface area contributed by atoms with Gasteiger partial charge in [0.1, 0.15) is 0 Å². The maximum Gasteiger partial charge on any atom is 0.335 e. The van der Waals surface area contributed by atoms with Gasteiger partial charge in [-0.1, -0.05) is 24.3 Å². The van der Waals surface area contributed by atoms with Crippen LogP contribution in [0.2, 0.25) is 0 Å². The van der Waals surface area contributed by atoms with E-state index in [1.807, 2.05) is 0 Å². The minimum absolute atomic E-state index is 0. The molecule has 0 fully saturated rings. The molecule has 0 aliphatic rings. The number of hydrogen-bond acceptors (Lipinski definition) is 8. The van der Waals surface area contributed by atoms with Crippen LogP contribution in [0.15, 0.2) is 48.5 Å². The molecule has 1 radical (unpaired) electrons. The quantitative estimate of drug-likeness (QED) is 0.243. The Kier molecular flexibility index (Phi) is 24.0. The number of hydrogen-bond donors (Lipinski definition) is 8. The molecule has 14 N–H and O–H groups in total. The molecule has 0 amide bonds. The average molecular weight is 486 g/mol. The Morgan fingerprint density at radius 2 is 0.710 bits per heavy atom. The summed E-state index contributed by atoms with van der Waals surface area (Å²) in [6, 6.07) is 12.8. The average Bonchev–Trinajstić information content (AvgIpc) is 2.79. The van der Waals surface area contributed by atoms with Crippen molar-refractivity contribution in [2.75, 3.05) is 39.3 Å². The zero-order valence-electron chi connectivity index (χ0n) is 17.3. The van der Waals surface area contributed by atoms with Gasteiger partial charge in [-0.25, -0.2) is 9.59 Å². The first-order chi connectivity index (χ1) is 14.3. The Hall–Kier alpha value is -2.34. The molecular formula is C20H34CuN6O4. The zero-order valence-corrected chi connectivity index (χ0v) is 18.3. The predicted octanol–water partition coefficient (Wildman–Crippen LogP) is -0.541. The molecule has 11 heteroatoms. The Labute approximate surface area is 193 Å². The zero-order chi connectivity index (χ0) is 23.4. The minimum atomic E-state index is -0.970. The largest absolute Gasteiger partial charge is 0.478 e. The summed E-state index contributed by atoms with van der Waals surface area (Å²) in [6.45, 7) is 3.58. The van der Waals surface area contributed by atoms with Crippen LogP contribution in [0, 0.1) is 0 Å². The first-order valence-electron chi connectivity index (χ1n) is 9.20. The first-order valence-corrected chi connectivity index (χ1v) is 9.20. The van der Waals surface area contributed by atoms with Crippen molar-refractivity contribution in [3.8, 4) is 11.1 Å². The van der Waals surface area contributed by atoms with Gasteiger partial charge in [-0.3, -0.25) is 0 Å². The van der Waals surface area contributed by atoms with Crippen molar-refractivity contribution in [2.24, 2.45) is 34.4 Å². The Morgan fingerprint density at radius 1 is 0.516 bits per heavy atom. The van der Waals surface area contributed by atoms with E-state index in [2.05, 4.69) is 0 Å². The molecule has 0 atom stereocenters. The van der Waals surface area contributed by atoms with Crippen LogP contribution in [0.1, 0.15) is 20.7 Å². The van der Waals surface area contributed by atoms with Crippen molar-refractivity contribution >= 4 is 11.9 Å². The molecule has 0 saturated carbocycles. The number of carbonyl (C=O) groups is 2. The van der Waals surface area contributed by atoms with Crippen molar-refractivity contribution in [2.45, 2.75) is 0 Å². The number of benzene rings is 2. The van der Waals surface area contributed by atoms with Crippen LogP contribution in [0.5, 0.6) is 0 Å². The number of nitrogens with two attached hydrogens (primary N) is 6. The first kappa shape index (κ1) is 33.3. The van der Waals surface area contributed by atoms with E-state index >= 15 is 0 Å².